The number of benzene rings is 2. The fourth-order valence-electron chi connectivity index (χ4n) is 1.95. The molecule has 1 nitrogen and oxygen atoms in total. The predicted octanol–water partition coefficient (Wildman–Crippen LogP) is 5.00. The van der Waals surface area contributed by atoms with Gasteiger partial charge in [0, 0.05) is 15.5 Å². The van der Waals surface area contributed by atoms with Gasteiger partial charge < -0.3 is 5.32 Å². The van der Waals surface area contributed by atoms with Crippen molar-refractivity contribution in [2.45, 2.75) is 19.4 Å². The van der Waals surface area contributed by atoms with Crippen molar-refractivity contribution >= 4 is 27.5 Å². The summed E-state index contributed by atoms with van der Waals surface area (Å²) in [5.74, 6) is 0. The van der Waals surface area contributed by atoms with Crippen LogP contribution in [-0.4, -0.2) is 6.54 Å². The lowest BCUT2D eigenvalue weighted by atomic mass is 10.1. The normalized spacial score (nSPS) is 12.4. The van der Waals surface area contributed by atoms with Gasteiger partial charge in [0.15, 0.2) is 0 Å². The molecule has 0 saturated carbocycles. The Balaban J connectivity index is 1.82. The molecule has 0 fully saturated rings. The summed E-state index contributed by atoms with van der Waals surface area (Å²) < 4.78 is 1.12. The summed E-state index contributed by atoms with van der Waals surface area (Å²) in [5.41, 5.74) is 2.61. The van der Waals surface area contributed by atoms with Gasteiger partial charge in [0.1, 0.15) is 0 Å². The molecule has 1 unspecified atom stereocenters. The number of nitrogens with one attached hydrogen (secondary N) is 1. The summed E-state index contributed by atoms with van der Waals surface area (Å²) in [4.78, 5) is 0. The van der Waals surface area contributed by atoms with Crippen molar-refractivity contribution in [3.05, 3.63) is 69.2 Å². The van der Waals surface area contributed by atoms with E-state index < -0.39 is 0 Å². The van der Waals surface area contributed by atoms with E-state index in [2.05, 4.69) is 64.6 Å². The highest BCUT2D eigenvalue weighted by Gasteiger charge is 2.04. The summed E-state index contributed by atoms with van der Waals surface area (Å²) in [7, 11) is 0. The summed E-state index contributed by atoms with van der Waals surface area (Å²) >= 11 is 9.32. The van der Waals surface area contributed by atoms with Gasteiger partial charge >= 0.3 is 0 Å². The number of hydrogen-bond donors (Lipinski definition) is 1. The van der Waals surface area contributed by atoms with Crippen LogP contribution in [0, 0.1) is 0 Å². The average molecular weight is 339 g/mol. The highest BCUT2D eigenvalue weighted by Crippen LogP contribution is 2.16. The van der Waals surface area contributed by atoms with Gasteiger partial charge in [0.2, 0.25) is 0 Å². The van der Waals surface area contributed by atoms with Crippen molar-refractivity contribution in [2.75, 3.05) is 6.54 Å². The largest absolute Gasteiger partial charge is 0.310 e. The van der Waals surface area contributed by atoms with E-state index in [4.69, 9.17) is 11.6 Å². The van der Waals surface area contributed by atoms with Crippen molar-refractivity contribution in [3.8, 4) is 0 Å². The lowest BCUT2D eigenvalue weighted by Crippen LogP contribution is -2.21. The minimum atomic E-state index is 0.361. The quantitative estimate of drug-likeness (QED) is 0.809. The van der Waals surface area contributed by atoms with E-state index in [0.29, 0.717) is 6.04 Å². The van der Waals surface area contributed by atoms with Gasteiger partial charge in [-0.25, -0.2) is 0 Å². The Morgan fingerprint density at radius 3 is 2.32 bits per heavy atom. The number of rotatable bonds is 5. The topological polar surface area (TPSA) is 12.0 Å². The molecule has 0 aliphatic rings. The van der Waals surface area contributed by atoms with E-state index >= 15 is 0 Å². The van der Waals surface area contributed by atoms with E-state index in [1.54, 1.807) is 0 Å². The molecule has 1 atom stereocenters. The zero-order valence-corrected chi connectivity index (χ0v) is 13.2. The molecule has 3 heteroatoms. The highest BCUT2D eigenvalue weighted by molar-refractivity contribution is 9.10. The van der Waals surface area contributed by atoms with Crippen molar-refractivity contribution < 1.29 is 0 Å². The molecule has 0 heterocycles. The van der Waals surface area contributed by atoms with Crippen molar-refractivity contribution in [2.24, 2.45) is 0 Å². The van der Waals surface area contributed by atoms with E-state index in [9.17, 15) is 0 Å². The average Bonchev–Trinajstić information content (AvgIpc) is 2.41. The molecule has 1 N–H and O–H groups in total. The number of halogens is 2. The number of hydrogen-bond acceptors (Lipinski definition) is 1. The zero-order chi connectivity index (χ0) is 13.7. The van der Waals surface area contributed by atoms with Gasteiger partial charge in [-0.1, -0.05) is 51.8 Å². The Hall–Kier alpha value is -0.830. The third kappa shape index (κ3) is 4.64. The van der Waals surface area contributed by atoms with E-state index in [-0.39, 0.29) is 0 Å². The van der Waals surface area contributed by atoms with Crippen LogP contribution in [0.15, 0.2) is 53.0 Å². The molecular weight excluding hydrogens is 322 g/mol. The van der Waals surface area contributed by atoms with Crippen LogP contribution < -0.4 is 5.32 Å². The Kier molecular flexibility index (Phi) is 5.44. The van der Waals surface area contributed by atoms with E-state index in [1.807, 2.05) is 12.1 Å². The Morgan fingerprint density at radius 2 is 1.68 bits per heavy atom. The van der Waals surface area contributed by atoms with Crippen molar-refractivity contribution in [1.29, 1.82) is 0 Å². The molecule has 100 valence electrons. The summed E-state index contributed by atoms with van der Waals surface area (Å²) in [5, 5.41) is 4.32. The molecule has 2 rings (SSSR count). The lowest BCUT2D eigenvalue weighted by molar-refractivity contribution is 0.577. The fraction of sp³-hybridized carbons (Fsp3) is 0.250. The highest BCUT2D eigenvalue weighted by atomic mass is 79.9. The maximum Gasteiger partial charge on any atom is 0.0406 e. The molecule has 2 aromatic carbocycles. The van der Waals surface area contributed by atoms with Crippen molar-refractivity contribution in [1.82, 2.24) is 5.32 Å². The molecule has 0 aliphatic heterocycles. The molecule has 0 spiro atoms. The van der Waals surface area contributed by atoms with Gasteiger partial charge in [-0.05, 0) is 55.3 Å². The van der Waals surface area contributed by atoms with Crippen LogP contribution in [0.4, 0.5) is 0 Å². The van der Waals surface area contributed by atoms with Crippen LogP contribution in [0.1, 0.15) is 24.1 Å². The first-order valence-corrected chi connectivity index (χ1v) is 7.55. The Bertz CT molecular complexity index is 507. The Labute approximate surface area is 128 Å². The summed E-state index contributed by atoms with van der Waals surface area (Å²) in [6.45, 7) is 3.14. The first-order valence-electron chi connectivity index (χ1n) is 6.38. The second-order valence-corrected chi connectivity index (χ2v) is 5.96. The predicted molar refractivity (Wildman–Crippen MR) is 85.7 cm³/mol. The molecular formula is C16H17BrClN. The first kappa shape index (κ1) is 14.6. The monoisotopic (exact) mass is 337 g/mol. The smallest absolute Gasteiger partial charge is 0.0406 e. The minimum absolute atomic E-state index is 0.361. The van der Waals surface area contributed by atoms with Crippen LogP contribution in [0.2, 0.25) is 5.02 Å². The van der Waals surface area contributed by atoms with Gasteiger partial charge in [0.05, 0.1) is 0 Å². The molecule has 0 aliphatic carbocycles. The molecule has 2 aromatic rings. The molecule has 0 radical (unpaired) electrons. The lowest BCUT2D eigenvalue weighted by Gasteiger charge is -2.14. The first-order chi connectivity index (χ1) is 9.15. The van der Waals surface area contributed by atoms with E-state index in [0.717, 1.165) is 22.5 Å². The van der Waals surface area contributed by atoms with Gasteiger partial charge in [-0.2, -0.15) is 0 Å². The molecule has 0 aromatic heterocycles. The maximum absolute atomic E-state index is 5.87. The van der Waals surface area contributed by atoms with Crippen LogP contribution in [0.5, 0.6) is 0 Å². The van der Waals surface area contributed by atoms with Crippen LogP contribution in [0.25, 0.3) is 0 Å². The second-order valence-electron chi connectivity index (χ2n) is 4.60. The van der Waals surface area contributed by atoms with Crippen LogP contribution in [0.3, 0.4) is 0 Å². The molecule has 0 amide bonds. The fourth-order valence-corrected chi connectivity index (χ4v) is 2.34. The van der Waals surface area contributed by atoms with Gasteiger partial charge in [-0.15, -0.1) is 0 Å². The Morgan fingerprint density at radius 1 is 1.05 bits per heavy atom. The van der Waals surface area contributed by atoms with E-state index in [1.165, 1.54) is 11.1 Å². The van der Waals surface area contributed by atoms with Crippen LogP contribution in [-0.2, 0) is 6.42 Å². The summed E-state index contributed by atoms with van der Waals surface area (Å²) in [6.07, 6.45) is 1.01. The zero-order valence-electron chi connectivity index (χ0n) is 10.9. The second kappa shape index (κ2) is 7.09. The van der Waals surface area contributed by atoms with Gasteiger partial charge in [0.25, 0.3) is 0 Å². The van der Waals surface area contributed by atoms with Gasteiger partial charge in [-0.3, -0.25) is 0 Å². The SMILES string of the molecule is CC(NCCc1ccc(Cl)cc1)c1ccc(Br)cc1. The molecule has 0 bridgehead atoms. The van der Waals surface area contributed by atoms with Crippen LogP contribution >= 0.6 is 27.5 Å². The standard InChI is InChI=1S/C16H17BrClN/c1-12(14-4-6-15(17)7-5-14)19-11-10-13-2-8-16(18)9-3-13/h2-9,12,19H,10-11H2,1H3. The third-order valence-electron chi connectivity index (χ3n) is 3.15. The molecule has 19 heavy (non-hydrogen) atoms. The molecule has 0 saturated heterocycles. The maximum atomic E-state index is 5.87. The minimum Gasteiger partial charge on any atom is -0.310 e. The third-order valence-corrected chi connectivity index (χ3v) is 3.93. The summed E-state index contributed by atoms with van der Waals surface area (Å²) in [6, 6.07) is 16.8. The van der Waals surface area contributed by atoms with Crippen molar-refractivity contribution in [3.63, 3.8) is 0 Å².